The second kappa shape index (κ2) is 16.3. The van der Waals surface area contributed by atoms with Crippen molar-refractivity contribution >= 4 is 50.4 Å². The molecule has 2 heterocycles. The van der Waals surface area contributed by atoms with Gasteiger partial charge in [0, 0.05) is 24.4 Å². The van der Waals surface area contributed by atoms with Gasteiger partial charge >= 0.3 is 6.09 Å². The lowest BCUT2D eigenvalue weighted by Crippen LogP contribution is -2.61. The topological polar surface area (TPSA) is 199 Å². The average Bonchev–Trinajstić information content (AvgIpc) is 3.87. The minimum absolute atomic E-state index is 0.0300. The van der Waals surface area contributed by atoms with Gasteiger partial charge in [0.15, 0.2) is 5.78 Å². The number of aromatic nitrogens is 1. The molecule has 2 saturated carbocycles. The zero-order valence-corrected chi connectivity index (χ0v) is 32.5. The Morgan fingerprint density at radius 1 is 1.07 bits per heavy atom. The van der Waals surface area contributed by atoms with Crippen molar-refractivity contribution in [2.24, 2.45) is 0 Å². The van der Waals surface area contributed by atoms with Gasteiger partial charge in [-0.2, -0.15) is 0 Å². The van der Waals surface area contributed by atoms with Crippen LogP contribution in [0.3, 0.4) is 0 Å². The quantitative estimate of drug-likeness (QED) is 0.223. The fourth-order valence-electron chi connectivity index (χ4n) is 6.27. The number of nitrogens with zero attached hydrogens (tertiary/aromatic N) is 2. The molecule has 15 nitrogen and oxygen atoms in total. The van der Waals surface area contributed by atoms with Crippen LogP contribution in [-0.2, 0) is 33.9 Å². The monoisotopic (exact) mass is 769 g/mol. The summed E-state index contributed by atoms with van der Waals surface area (Å²) < 4.78 is 44.5. The van der Waals surface area contributed by atoms with E-state index in [9.17, 15) is 32.4 Å². The molecule has 3 N–H and O–H groups in total. The zero-order valence-electron chi connectivity index (χ0n) is 31.7. The summed E-state index contributed by atoms with van der Waals surface area (Å²) in [6, 6.07) is 4.68. The number of pyridine rings is 1. The first-order valence-corrected chi connectivity index (χ1v) is 20.0. The van der Waals surface area contributed by atoms with E-state index in [0.29, 0.717) is 24.0 Å². The number of ketones is 1. The summed E-state index contributed by atoms with van der Waals surface area (Å²) >= 11 is 0. The maximum absolute atomic E-state index is 14.5. The molecule has 54 heavy (non-hydrogen) atoms. The van der Waals surface area contributed by atoms with Crippen LogP contribution in [0, 0.1) is 0 Å². The molecule has 16 heteroatoms. The number of hydrogen-bond acceptors (Lipinski definition) is 11. The van der Waals surface area contributed by atoms with Crippen molar-refractivity contribution in [2.45, 2.75) is 127 Å². The summed E-state index contributed by atoms with van der Waals surface area (Å²) in [6.45, 7) is 7.96. The summed E-state index contributed by atoms with van der Waals surface area (Å²) in [6.07, 6.45) is 4.98. The zero-order chi connectivity index (χ0) is 39.4. The van der Waals surface area contributed by atoms with Crippen LogP contribution in [0.4, 0.5) is 4.79 Å². The van der Waals surface area contributed by atoms with E-state index in [4.69, 9.17) is 14.2 Å². The van der Waals surface area contributed by atoms with Crippen LogP contribution in [0.25, 0.3) is 10.8 Å². The lowest BCUT2D eigenvalue weighted by molar-refractivity contribution is -0.142. The predicted octanol–water partition coefficient (Wildman–Crippen LogP) is 3.84. The van der Waals surface area contributed by atoms with Crippen molar-refractivity contribution in [1.29, 1.82) is 0 Å². The highest BCUT2D eigenvalue weighted by Crippen LogP contribution is 2.32. The van der Waals surface area contributed by atoms with E-state index in [2.05, 4.69) is 20.3 Å². The highest BCUT2D eigenvalue weighted by molar-refractivity contribution is 7.91. The first-order chi connectivity index (χ1) is 25.4. The molecule has 1 aliphatic heterocycles. The molecule has 1 aromatic carbocycles. The van der Waals surface area contributed by atoms with Gasteiger partial charge in [-0.15, -0.1) is 0 Å². The largest absolute Gasteiger partial charge is 0.497 e. The molecule has 4 atom stereocenters. The summed E-state index contributed by atoms with van der Waals surface area (Å²) in [7, 11) is -2.36. The number of carbonyl (C=O) groups is 5. The predicted molar refractivity (Wildman–Crippen MR) is 199 cm³/mol. The number of methoxy groups -OCH3 is 1. The van der Waals surface area contributed by atoms with Crippen LogP contribution < -0.4 is 24.8 Å². The van der Waals surface area contributed by atoms with Gasteiger partial charge in [-0.1, -0.05) is 12.5 Å². The number of benzene rings is 1. The van der Waals surface area contributed by atoms with Gasteiger partial charge in [0.05, 0.1) is 18.9 Å². The Kier molecular flexibility index (Phi) is 12.2. The number of amides is 4. The van der Waals surface area contributed by atoms with Crippen molar-refractivity contribution in [3.8, 4) is 11.6 Å². The Hall–Kier alpha value is -4.73. The van der Waals surface area contributed by atoms with Crippen molar-refractivity contribution in [3.63, 3.8) is 0 Å². The van der Waals surface area contributed by atoms with E-state index in [1.165, 1.54) is 11.8 Å². The number of ether oxygens (including phenoxy) is 3. The average molecular weight is 770 g/mol. The van der Waals surface area contributed by atoms with E-state index in [0.717, 1.165) is 30.2 Å². The summed E-state index contributed by atoms with van der Waals surface area (Å²) in [5.41, 5.74) is -1.50. The first-order valence-electron chi connectivity index (χ1n) is 18.4. The van der Waals surface area contributed by atoms with Gasteiger partial charge in [-0.05, 0) is 108 Å². The van der Waals surface area contributed by atoms with Crippen molar-refractivity contribution in [3.05, 3.63) is 42.1 Å². The maximum atomic E-state index is 14.5. The Morgan fingerprint density at radius 2 is 1.80 bits per heavy atom. The highest BCUT2D eigenvalue weighted by Gasteiger charge is 2.47. The Bertz CT molecular complexity index is 1920. The van der Waals surface area contributed by atoms with Gasteiger partial charge in [0.2, 0.25) is 27.7 Å². The second-order valence-corrected chi connectivity index (χ2v) is 17.4. The van der Waals surface area contributed by atoms with Crippen molar-refractivity contribution in [2.75, 3.05) is 13.7 Å². The van der Waals surface area contributed by atoms with E-state index in [1.54, 1.807) is 65.3 Å². The third kappa shape index (κ3) is 10.1. The SMILES string of the molecule is CC[C@@](C)(NC(=O)[C@@H]1C[C@@H](Oc2nccc3cc(OC)ccc23)CN1C(=O)[C@H](CCC(=O)C=C1CCC1)NC(=O)OC(C)(C)C)C(=O)NS(=O)(=O)C1CC1. The van der Waals surface area contributed by atoms with E-state index >= 15 is 0 Å². The van der Waals surface area contributed by atoms with Gasteiger partial charge in [-0.3, -0.25) is 23.9 Å². The number of fused-ring (bicyclic) bond motifs is 1. The number of allylic oxidation sites excluding steroid dienone is 2. The molecule has 0 bridgehead atoms. The van der Waals surface area contributed by atoms with Crippen molar-refractivity contribution in [1.82, 2.24) is 25.2 Å². The van der Waals surface area contributed by atoms with Crippen LogP contribution in [0.2, 0.25) is 0 Å². The molecular formula is C38H51N5O10S. The number of hydrogen-bond donors (Lipinski definition) is 3. The molecule has 2 aromatic rings. The third-order valence-electron chi connectivity index (χ3n) is 9.90. The van der Waals surface area contributed by atoms with Crippen LogP contribution in [-0.4, -0.2) is 96.1 Å². The Balaban J connectivity index is 1.43. The van der Waals surface area contributed by atoms with E-state index in [1.807, 2.05) is 6.07 Å². The van der Waals surface area contributed by atoms with Crippen LogP contribution in [0.5, 0.6) is 11.6 Å². The minimum atomic E-state index is -3.91. The minimum Gasteiger partial charge on any atom is -0.497 e. The van der Waals surface area contributed by atoms with Gasteiger partial charge in [0.1, 0.15) is 35.1 Å². The molecule has 294 valence electrons. The second-order valence-electron chi connectivity index (χ2n) is 15.4. The molecular weight excluding hydrogens is 719 g/mol. The number of nitrogens with one attached hydrogen (secondary N) is 3. The van der Waals surface area contributed by atoms with Crippen LogP contribution >= 0.6 is 0 Å². The first kappa shape index (κ1) is 40.5. The van der Waals surface area contributed by atoms with E-state index < -0.39 is 68.4 Å². The number of sulfonamides is 1. The van der Waals surface area contributed by atoms with Gasteiger partial charge in [0.25, 0.3) is 5.91 Å². The standard InChI is InChI=1S/C38H51N5O10S/c1-7-38(5,35(47)42-54(49,50)28-13-14-28)41-32(45)31-21-27(52-33-29-15-12-26(51-6)20-24(29)17-18-39-33)22-43(31)34(46)30(40-36(48)53-37(2,3)4)16-11-25(44)19-23-9-8-10-23/h12,15,17-20,27-28,30-31H,7-11,13-14,16,21-22H2,1-6H3,(H,40,48)(H,41,45)(H,42,47)/t27-,30+,31+,38-/m1/s1. The summed E-state index contributed by atoms with van der Waals surface area (Å²) in [4.78, 5) is 73.6. The Labute approximate surface area is 316 Å². The van der Waals surface area contributed by atoms with Gasteiger partial charge < -0.3 is 29.7 Å². The molecule has 3 fully saturated rings. The van der Waals surface area contributed by atoms with E-state index in [-0.39, 0.29) is 43.9 Å². The molecule has 0 unspecified atom stereocenters. The number of rotatable bonds is 15. The lowest BCUT2D eigenvalue weighted by atomic mass is 9.91. The molecule has 5 rings (SSSR count). The highest BCUT2D eigenvalue weighted by atomic mass is 32.2. The fourth-order valence-corrected chi connectivity index (χ4v) is 7.67. The number of alkyl carbamates (subject to hydrolysis) is 1. The Morgan fingerprint density at radius 3 is 2.41 bits per heavy atom. The molecule has 2 aliphatic carbocycles. The lowest BCUT2D eigenvalue weighted by Gasteiger charge is -2.33. The van der Waals surface area contributed by atoms with Crippen LogP contribution in [0.1, 0.15) is 92.4 Å². The molecule has 4 amide bonds. The van der Waals surface area contributed by atoms with Crippen molar-refractivity contribution < 1.29 is 46.6 Å². The fraction of sp³-hybridized carbons (Fsp3) is 0.579. The molecule has 0 spiro atoms. The van der Waals surface area contributed by atoms with Crippen LogP contribution in [0.15, 0.2) is 42.1 Å². The summed E-state index contributed by atoms with van der Waals surface area (Å²) in [5, 5.41) is 6.11. The molecule has 0 radical (unpaired) electrons. The normalized spacial score (nSPS) is 20.2. The maximum Gasteiger partial charge on any atom is 0.408 e. The summed E-state index contributed by atoms with van der Waals surface area (Å²) in [5.74, 6) is -1.58. The third-order valence-corrected chi connectivity index (χ3v) is 11.7. The molecule has 1 aromatic heterocycles. The molecule has 1 saturated heterocycles. The number of carbonyl (C=O) groups excluding carboxylic acids is 5. The smallest absolute Gasteiger partial charge is 0.408 e. The van der Waals surface area contributed by atoms with Gasteiger partial charge in [-0.25, -0.2) is 18.2 Å². The number of likely N-dealkylation sites (tertiary alicyclic amines) is 1. The molecule has 3 aliphatic rings.